The number of aromatic nitrogens is 3. The molecule has 0 bridgehead atoms. The van der Waals surface area contributed by atoms with Crippen molar-refractivity contribution in [3.63, 3.8) is 0 Å². The molecule has 0 spiro atoms. The van der Waals surface area contributed by atoms with Crippen LogP contribution in [0.5, 0.6) is 0 Å². The van der Waals surface area contributed by atoms with E-state index in [0.29, 0.717) is 60.2 Å². The topological polar surface area (TPSA) is 131 Å². The van der Waals surface area contributed by atoms with Gasteiger partial charge in [-0.2, -0.15) is 10.2 Å². The third-order valence-corrected chi connectivity index (χ3v) is 8.75. The number of oxime groups is 1. The highest BCUT2D eigenvalue weighted by Gasteiger charge is 2.31. The van der Waals surface area contributed by atoms with E-state index in [-0.39, 0.29) is 5.92 Å². The van der Waals surface area contributed by atoms with Crippen LogP contribution in [0.4, 0.5) is 17.6 Å². The number of halogens is 4. The Morgan fingerprint density at radius 3 is 2.59 bits per heavy atom. The fourth-order valence-corrected chi connectivity index (χ4v) is 6.39. The van der Waals surface area contributed by atoms with E-state index in [2.05, 4.69) is 20.2 Å². The highest BCUT2D eigenvalue weighted by atomic mass is 32.2. The van der Waals surface area contributed by atoms with Crippen LogP contribution in [0.2, 0.25) is 0 Å². The SMILES string of the molecule is C/C(=N\NS(C)(=O)=O)c1ccccc1C1CC(c2csc(C3CCN(C(=O)Cn4nc(C(F)F)cc4C(F)F)CC3)n2)=NO1. The number of amides is 1. The van der Waals surface area contributed by atoms with Crippen molar-refractivity contribution in [3.05, 3.63) is 68.9 Å². The molecule has 11 nitrogen and oxygen atoms in total. The summed E-state index contributed by atoms with van der Waals surface area (Å²) in [5, 5.41) is 14.5. The van der Waals surface area contributed by atoms with Gasteiger partial charge in [0.15, 0.2) is 6.10 Å². The van der Waals surface area contributed by atoms with Gasteiger partial charge >= 0.3 is 0 Å². The summed E-state index contributed by atoms with van der Waals surface area (Å²) in [4.78, 5) is 27.0. The van der Waals surface area contributed by atoms with Gasteiger partial charge in [0.25, 0.3) is 12.9 Å². The minimum absolute atomic E-state index is 0.0743. The zero-order valence-corrected chi connectivity index (χ0v) is 25.3. The normalized spacial score (nSPS) is 18.2. The van der Waals surface area contributed by atoms with Crippen LogP contribution in [0.25, 0.3) is 0 Å². The standard InChI is InChI=1S/C27H29F4N7O4S2/c1-15(33-36-44(2,40)41)17-5-3-4-6-18(17)23-12-19(35-42-23)21-14-43-27(32-21)16-7-9-37(10-8-16)24(39)13-38-22(26(30)31)11-20(34-38)25(28)29/h3-6,11,14,16,23,25-26,36H,7-10,12-13H2,1-2H3/b33-15+. The number of nitrogens with one attached hydrogen (secondary N) is 1. The van der Waals surface area contributed by atoms with Gasteiger partial charge in [-0.15, -0.1) is 11.3 Å². The predicted octanol–water partition coefficient (Wildman–Crippen LogP) is 4.76. The molecule has 2 aliphatic heterocycles. The van der Waals surface area contributed by atoms with Gasteiger partial charge in [0.05, 0.1) is 22.7 Å². The van der Waals surface area contributed by atoms with Crippen LogP contribution in [0.15, 0.2) is 46.0 Å². The summed E-state index contributed by atoms with van der Waals surface area (Å²) >= 11 is 1.48. The monoisotopic (exact) mass is 655 g/mol. The molecular formula is C27H29F4N7O4S2. The number of piperidine rings is 1. The summed E-state index contributed by atoms with van der Waals surface area (Å²) in [5.41, 5.74) is 1.84. The number of carbonyl (C=O) groups excluding carboxylic acids is 1. The van der Waals surface area contributed by atoms with Gasteiger partial charge in [-0.3, -0.25) is 9.48 Å². The van der Waals surface area contributed by atoms with Crippen LogP contribution in [0.1, 0.15) is 84.3 Å². The third kappa shape index (κ3) is 7.26. The van der Waals surface area contributed by atoms with Crippen LogP contribution in [-0.4, -0.2) is 64.8 Å². The number of benzene rings is 1. The first-order valence-electron chi connectivity index (χ1n) is 13.6. The molecule has 1 unspecified atom stereocenters. The molecular weight excluding hydrogens is 626 g/mol. The maximum absolute atomic E-state index is 13.3. The first-order chi connectivity index (χ1) is 20.9. The molecule has 1 aromatic carbocycles. The average molecular weight is 656 g/mol. The first-order valence-corrected chi connectivity index (χ1v) is 16.4. The Kier molecular flexibility index (Phi) is 9.34. The first kappa shape index (κ1) is 31.6. The number of thiazole rings is 1. The molecule has 1 saturated heterocycles. The molecule has 17 heteroatoms. The summed E-state index contributed by atoms with van der Waals surface area (Å²) in [5.74, 6) is -0.393. The number of hydrogen-bond donors (Lipinski definition) is 1. The third-order valence-electron chi connectivity index (χ3n) is 7.32. The number of sulfonamides is 1. The zero-order chi connectivity index (χ0) is 31.6. The second-order valence-corrected chi connectivity index (χ2v) is 13.1. The quantitative estimate of drug-likeness (QED) is 0.190. The molecule has 2 aromatic heterocycles. The molecule has 2 aliphatic rings. The molecule has 0 saturated carbocycles. The van der Waals surface area contributed by atoms with E-state index in [1.807, 2.05) is 29.6 Å². The van der Waals surface area contributed by atoms with Crippen molar-refractivity contribution in [1.29, 1.82) is 0 Å². The van der Waals surface area contributed by atoms with E-state index < -0.39 is 52.8 Å². The largest absolute Gasteiger partial charge is 0.387 e. The maximum Gasteiger partial charge on any atom is 0.282 e. The highest BCUT2D eigenvalue weighted by Crippen LogP contribution is 2.35. The van der Waals surface area contributed by atoms with E-state index in [1.54, 1.807) is 6.92 Å². The number of nitrogens with zero attached hydrogens (tertiary/aromatic N) is 6. The lowest BCUT2D eigenvalue weighted by Gasteiger charge is -2.31. The number of carbonyl (C=O) groups is 1. The lowest BCUT2D eigenvalue weighted by Crippen LogP contribution is -2.40. The molecule has 1 fully saturated rings. The van der Waals surface area contributed by atoms with E-state index >= 15 is 0 Å². The second-order valence-electron chi connectivity index (χ2n) is 10.5. The number of hydrogen-bond acceptors (Lipinski definition) is 9. The number of hydrazone groups is 1. The van der Waals surface area contributed by atoms with E-state index in [1.165, 1.54) is 16.2 Å². The highest BCUT2D eigenvalue weighted by molar-refractivity contribution is 7.88. The fourth-order valence-electron chi connectivity index (χ4n) is 5.09. The van der Waals surface area contributed by atoms with Crippen LogP contribution >= 0.6 is 11.3 Å². The van der Waals surface area contributed by atoms with Crippen LogP contribution in [-0.2, 0) is 26.2 Å². The summed E-state index contributed by atoms with van der Waals surface area (Å²) in [7, 11) is -3.51. The summed E-state index contributed by atoms with van der Waals surface area (Å²) < 4.78 is 76.1. The smallest absolute Gasteiger partial charge is 0.282 e. The molecule has 0 radical (unpaired) electrons. The fraction of sp³-hybridized carbons (Fsp3) is 0.444. The minimum Gasteiger partial charge on any atom is -0.387 e. The average Bonchev–Trinajstić information content (AvgIpc) is 3.75. The molecule has 236 valence electrons. The Bertz CT molecular complexity index is 1680. The molecule has 1 N–H and O–H groups in total. The minimum atomic E-state index is -3.51. The molecule has 0 aliphatic carbocycles. The molecule has 1 atom stereocenters. The van der Waals surface area contributed by atoms with Gasteiger partial charge in [-0.1, -0.05) is 29.4 Å². The van der Waals surface area contributed by atoms with Crippen LogP contribution < -0.4 is 4.83 Å². The lowest BCUT2D eigenvalue weighted by atomic mass is 9.96. The summed E-state index contributed by atoms with van der Waals surface area (Å²) in [6.07, 6.45) is -3.80. The Balaban J connectivity index is 1.18. The van der Waals surface area contributed by atoms with Gasteiger partial charge in [-0.25, -0.2) is 35.8 Å². The molecule has 3 aromatic rings. The Morgan fingerprint density at radius 1 is 1.18 bits per heavy atom. The van der Waals surface area contributed by atoms with E-state index in [9.17, 15) is 30.8 Å². The van der Waals surface area contributed by atoms with Gasteiger partial charge in [0.1, 0.15) is 23.6 Å². The van der Waals surface area contributed by atoms with Crippen LogP contribution in [0.3, 0.4) is 0 Å². The van der Waals surface area contributed by atoms with Crippen molar-refractivity contribution in [1.82, 2.24) is 24.5 Å². The van der Waals surface area contributed by atoms with Crippen molar-refractivity contribution in [2.24, 2.45) is 10.3 Å². The van der Waals surface area contributed by atoms with Crippen molar-refractivity contribution >= 4 is 38.7 Å². The number of rotatable bonds is 10. The van der Waals surface area contributed by atoms with Crippen LogP contribution in [0, 0.1) is 0 Å². The molecule has 44 heavy (non-hydrogen) atoms. The van der Waals surface area contributed by atoms with Crippen molar-refractivity contribution in [2.75, 3.05) is 19.3 Å². The van der Waals surface area contributed by atoms with Gasteiger partial charge in [-0.05, 0) is 25.8 Å². The molecule has 4 heterocycles. The second kappa shape index (κ2) is 13.0. The van der Waals surface area contributed by atoms with Crippen molar-refractivity contribution in [3.8, 4) is 0 Å². The Morgan fingerprint density at radius 2 is 1.91 bits per heavy atom. The maximum atomic E-state index is 13.3. The van der Waals surface area contributed by atoms with Gasteiger partial charge in [0.2, 0.25) is 15.9 Å². The summed E-state index contributed by atoms with van der Waals surface area (Å²) in [6.45, 7) is 1.88. The van der Waals surface area contributed by atoms with Gasteiger partial charge < -0.3 is 9.74 Å². The van der Waals surface area contributed by atoms with Crippen molar-refractivity contribution in [2.45, 2.75) is 57.6 Å². The Hall–Kier alpha value is -3.86. The molecule has 1 amide bonds. The number of alkyl halides is 4. The predicted molar refractivity (Wildman–Crippen MR) is 154 cm³/mol. The zero-order valence-electron chi connectivity index (χ0n) is 23.7. The molecule has 5 rings (SSSR count). The lowest BCUT2D eigenvalue weighted by molar-refractivity contribution is -0.133. The summed E-state index contributed by atoms with van der Waals surface area (Å²) in [6, 6.07) is 8.00. The Labute approximate surface area is 254 Å². The van der Waals surface area contributed by atoms with E-state index in [4.69, 9.17) is 9.82 Å². The van der Waals surface area contributed by atoms with E-state index in [0.717, 1.165) is 22.4 Å². The van der Waals surface area contributed by atoms with Crippen molar-refractivity contribution < 1.29 is 35.6 Å². The number of likely N-dealkylation sites (tertiary alicyclic amines) is 1. The van der Waals surface area contributed by atoms with Gasteiger partial charge in [0, 0.05) is 41.9 Å².